The number of ether oxygens (including phenoxy) is 2. The molecule has 0 unspecified atom stereocenters. The lowest BCUT2D eigenvalue weighted by Gasteiger charge is -2.19. The van der Waals surface area contributed by atoms with Crippen LogP contribution in [0.1, 0.15) is 5.69 Å². The van der Waals surface area contributed by atoms with Gasteiger partial charge >= 0.3 is 0 Å². The van der Waals surface area contributed by atoms with Crippen LogP contribution in [0.25, 0.3) is 0 Å². The van der Waals surface area contributed by atoms with Gasteiger partial charge < -0.3 is 14.8 Å². The third-order valence-corrected chi connectivity index (χ3v) is 2.82. The zero-order valence-electron chi connectivity index (χ0n) is 10.1. The number of anilines is 1. The third-order valence-electron chi connectivity index (χ3n) is 2.82. The van der Waals surface area contributed by atoms with Gasteiger partial charge in [-0.15, -0.1) is 5.10 Å². The normalized spacial score (nSPS) is 13.4. The Labute approximate surface area is 105 Å². The van der Waals surface area contributed by atoms with Crippen molar-refractivity contribution in [2.45, 2.75) is 6.54 Å². The van der Waals surface area contributed by atoms with Crippen LogP contribution in [0.2, 0.25) is 0 Å². The number of aromatic nitrogens is 3. The van der Waals surface area contributed by atoms with Crippen LogP contribution >= 0.6 is 0 Å². The fourth-order valence-electron chi connectivity index (χ4n) is 1.82. The van der Waals surface area contributed by atoms with Crippen LogP contribution in [0.15, 0.2) is 24.4 Å². The Balaban J connectivity index is 1.71. The average molecular weight is 246 g/mol. The van der Waals surface area contributed by atoms with Gasteiger partial charge in [-0.05, 0) is 12.1 Å². The van der Waals surface area contributed by atoms with Crippen molar-refractivity contribution in [3.63, 3.8) is 0 Å². The van der Waals surface area contributed by atoms with Crippen molar-refractivity contribution in [3.8, 4) is 11.5 Å². The first-order valence-corrected chi connectivity index (χ1v) is 5.80. The number of nitrogens with zero attached hydrogens (tertiary/aromatic N) is 3. The van der Waals surface area contributed by atoms with Crippen molar-refractivity contribution in [2.24, 2.45) is 7.05 Å². The molecule has 0 radical (unpaired) electrons. The van der Waals surface area contributed by atoms with Crippen molar-refractivity contribution in [3.05, 3.63) is 30.1 Å². The summed E-state index contributed by atoms with van der Waals surface area (Å²) in [5.41, 5.74) is 2.00. The third kappa shape index (κ3) is 2.09. The van der Waals surface area contributed by atoms with E-state index >= 15 is 0 Å². The molecule has 6 nitrogen and oxygen atoms in total. The van der Waals surface area contributed by atoms with Crippen LogP contribution < -0.4 is 14.8 Å². The second-order valence-corrected chi connectivity index (χ2v) is 4.06. The highest BCUT2D eigenvalue weighted by molar-refractivity contribution is 5.55. The topological polar surface area (TPSA) is 61.2 Å². The largest absolute Gasteiger partial charge is 0.486 e. The lowest BCUT2D eigenvalue weighted by atomic mass is 10.2. The maximum atomic E-state index is 5.53. The molecule has 1 N–H and O–H groups in total. The van der Waals surface area contributed by atoms with Gasteiger partial charge in [0.05, 0.1) is 18.4 Å². The number of nitrogens with one attached hydrogen (secondary N) is 1. The first-order valence-electron chi connectivity index (χ1n) is 5.80. The molecule has 0 spiro atoms. The van der Waals surface area contributed by atoms with E-state index in [1.807, 2.05) is 25.2 Å². The van der Waals surface area contributed by atoms with Gasteiger partial charge in [-0.3, -0.25) is 4.68 Å². The summed E-state index contributed by atoms with van der Waals surface area (Å²) in [6.07, 6.45) is 1.74. The lowest BCUT2D eigenvalue weighted by Crippen LogP contribution is -2.15. The molecule has 2 aromatic rings. The van der Waals surface area contributed by atoms with Gasteiger partial charge in [-0.1, -0.05) is 5.21 Å². The van der Waals surface area contributed by atoms with Crippen LogP contribution in [0.5, 0.6) is 11.5 Å². The summed E-state index contributed by atoms with van der Waals surface area (Å²) in [6, 6.07) is 5.83. The minimum absolute atomic E-state index is 0.599. The van der Waals surface area contributed by atoms with Gasteiger partial charge in [0, 0.05) is 18.8 Å². The highest BCUT2D eigenvalue weighted by Gasteiger charge is 2.11. The number of fused-ring (bicyclic) bond motifs is 1. The molecule has 0 saturated carbocycles. The zero-order valence-corrected chi connectivity index (χ0v) is 10.1. The maximum Gasteiger partial charge on any atom is 0.163 e. The van der Waals surface area contributed by atoms with Crippen LogP contribution in [-0.4, -0.2) is 28.2 Å². The van der Waals surface area contributed by atoms with Crippen LogP contribution in [0.3, 0.4) is 0 Å². The molecule has 18 heavy (non-hydrogen) atoms. The molecular weight excluding hydrogens is 232 g/mol. The molecule has 1 aliphatic rings. The van der Waals surface area contributed by atoms with Gasteiger partial charge in [0.1, 0.15) is 13.2 Å². The number of benzene rings is 1. The maximum absolute atomic E-state index is 5.53. The Morgan fingerprint density at radius 3 is 2.89 bits per heavy atom. The van der Waals surface area contributed by atoms with Crippen molar-refractivity contribution in [1.29, 1.82) is 0 Å². The molecule has 3 rings (SSSR count). The van der Waals surface area contributed by atoms with E-state index < -0.39 is 0 Å². The lowest BCUT2D eigenvalue weighted by molar-refractivity contribution is 0.171. The smallest absolute Gasteiger partial charge is 0.163 e. The van der Waals surface area contributed by atoms with Crippen molar-refractivity contribution >= 4 is 5.69 Å². The first kappa shape index (κ1) is 10.9. The van der Waals surface area contributed by atoms with Gasteiger partial charge in [0.25, 0.3) is 0 Å². The monoisotopic (exact) mass is 246 g/mol. The molecule has 0 amide bonds. The summed E-state index contributed by atoms with van der Waals surface area (Å²) in [7, 11) is 1.87. The van der Waals surface area contributed by atoms with Gasteiger partial charge in [-0.2, -0.15) is 0 Å². The molecule has 1 aromatic carbocycles. The predicted molar refractivity (Wildman–Crippen MR) is 65.8 cm³/mol. The van der Waals surface area contributed by atoms with Gasteiger partial charge in [0.2, 0.25) is 0 Å². The summed E-state index contributed by atoms with van der Waals surface area (Å²) in [5, 5.41) is 11.0. The molecule has 0 atom stereocenters. The molecule has 0 aliphatic carbocycles. The second-order valence-electron chi connectivity index (χ2n) is 4.06. The standard InChI is InChI=1S/C12H14N4O2/c1-16-10(8-14-15-16)7-13-9-2-3-11-12(6-9)18-5-4-17-11/h2-3,6,8,13H,4-5,7H2,1H3. The number of hydrogen-bond donors (Lipinski definition) is 1. The van der Waals surface area contributed by atoms with Gasteiger partial charge in [0.15, 0.2) is 11.5 Å². The van der Waals surface area contributed by atoms with Crippen LogP contribution in [-0.2, 0) is 13.6 Å². The summed E-state index contributed by atoms with van der Waals surface area (Å²) in [4.78, 5) is 0. The highest BCUT2D eigenvalue weighted by Crippen LogP contribution is 2.32. The Kier molecular flexibility index (Phi) is 2.76. The van der Waals surface area contributed by atoms with Crippen LogP contribution in [0, 0.1) is 0 Å². The Morgan fingerprint density at radius 2 is 2.11 bits per heavy atom. The average Bonchev–Trinajstić information content (AvgIpc) is 2.82. The molecule has 1 aliphatic heterocycles. The fourth-order valence-corrected chi connectivity index (χ4v) is 1.82. The molecule has 94 valence electrons. The molecule has 0 bridgehead atoms. The molecular formula is C12H14N4O2. The van der Waals surface area contributed by atoms with Crippen LogP contribution in [0.4, 0.5) is 5.69 Å². The van der Waals surface area contributed by atoms with E-state index in [1.54, 1.807) is 10.9 Å². The predicted octanol–water partition coefficient (Wildman–Crippen LogP) is 1.20. The van der Waals surface area contributed by atoms with E-state index in [4.69, 9.17) is 9.47 Å². The fraction of sp³-hybridized carbons (Fsp3) is 0.333. The van der Waals surface area contributed by atoms with E-state index in [2.05, 4.69) is 15.6 Å². The summed E-state index contributed by atoms with van der Waals surface area (Å²) in [5.74, 6) is 1.59. The summed E-state index contributed by atoms with van der Waals surface area (Å²) in [6.45, 7) is 1.88. The van der Waals surface area contributed by atoms with Gasteiger partial charge in [-0.25, -0.2) is 0 Å². The minimum atomic E-state index is 0.599. The first-order chi connectivity index (χ1) is 8.83. The quantitative estimate of drug-likeness (QED) is 0.881. The Morgan fingerprint density at radius 1 is 1.28 bits per heavy atom. The summed E-state index contributed by atoms with van der Waals surface area (Å²) >= 11 is 0. The van der Waals surface area contributed by atoms with E-state index in [0.717, 1.165) is 22.9 Å². The minimum Gasteiger partial charge on any atom is -0.486 e. The summed E-state index contributed by atoms with van der Waals surface area (Å²) < 4.78 is 12.7. The van der Waals surface area contributed by atoms with E-state index in [0.29, 0.717) is 19.8 Å². The molecule has 6 heteroatoms. The molecule has 0 fully saturated rings. The van der Waals surface area contributed by atoms with Crippen molar-refractivity contribution in [1.82, 2.24) is 15.0 Å². The molecule has 0 saturated heterocycles. The van der Waals surface area contributed by atoms with Crippen molar-refractivity contribution in [2.75, 3.05) is 18.5 Å². The molecule has 2 heterocycles. The SMILES string of the molecule is Cn1nncc1CNc1ccc2c(c1)OCCO2. The van der Waals surface area contributed by atoms with Crippen molar-refractivity contribution < 1.29 is 9.47 Å². The Hall–Kier alpha value is -2.24. The van der Waals surface area contributed by atoms with E-state index in [-0.39, 0.29) is 0 Å². The number of aryl methyl sites for hydroxylation is 1. The zero-order chi connectivity index (χ0) is 12.4. The second kappa shape index (κ2) is 4.56. The van der Waals surface area contributed by atoms with E-state index in [9.17, 15) is 0 Å². The number of hydrogen-bond acceptors (Lipinski definition) is 5. The number of rotatable bonds is 3. The van der Waals surface area contributed by atoms with E-state index in [1.165, 1.54) is 0 Å². The Bertz CT molecular complexity index is 553. The molecule has 1 aromatic heterocycles. The highest BCUT2D eigenvalue weighted by atomic mass is 16.6.